The lowest BCUT2D eigenvalue weighted by molar-refractivity contribution is -0.123. The quantitative estimate of drug-likeness (QED) is 0.729. The van der Waals surface area contributed by atoms with E-state index in [0.29, 0.717) is 30.7 Å². The molecule has 1 aliphatic carbocycles. The molecule has 0 heterocycles. The molecule has 0 spiro atoms. The number of carbonyl (C=O) groups excluding carboxylic acids is 1. The summed E-state index contributed by atoms with van der Waals surface area (Å²) in [5, 5.41) is 6.19. The van der Waals surface area contributed by atoms with Crippen molar-refractivity contribution in [1.29, 1.82) is 0 Å². The molecule has 0 unspecified atom stereocenters. The zero-order chi connectivity index (χ0) is 15.1. The van der Waals surface area contributed by atoms with Gasteiger partial charge in [0.1, 0.15) is 0 Å². The molecule has 0 saturated heterocycles. The molecule has 0 radical (unpaired) electrons. The normalized spacial score (nSPS) is 13.8. The highest BCUT2D eigenvalue weighted by Crippen LogP contribution is 2.31. The van der Waals surface area contributed by atoms with E-state index < -0.39 is 0 Å². The fraction of sp³-hybridized carbons (Fsp3) is 0.562. The average molecular weight is 292 g/mol. The fourth-order valence-corrected chi connectivity index (χ4v) is 2.03. The van der Waals surface area contributed by atoms with Gasteiger partial charge >= 0.3 is 0 Å². The van der Waals surface area contributed by atoms with Crippen LogP contribution < -0.4 is 20.1 Å². The van der Waals surface area contributed by atoms with E-state index in [-0.39, 0.29) is 12.5 Å². The van der Waals surface area contributed by atoms with Gasteiger partial charge in [-0.05, 0) is 32.4 Å². The molecule has 0 aliphatic heterocycles. The van der Waals surface area contributed by atoms with Crippen LogP contribution in [0.3, 0.4) is 0 Å². The Hall–Kier alpha value is -1.75. The van der Waals surface area contributed by atoms with Crippen LogP contribution >= 0.6 is 0 Å². The molecule has 0 bridgehead atoms. The number of ether oxygens (including phenoxy) is 2. The third kappa shape index (κ3) is 4.93. The summed E-state index contributed by atoms with van der Waals surface area (Å²) in [7, 11) is 0. The topological polar surface area (TPSA) is 59.6 Å². The molecule has 0 aromatic heterocycles. The molecule has 2 rings (SSSR count). The first-order valence-corrected chi connectivity index (χ1v) is 7.62. The number of hydrogen-bond acceptors (Lipinski definition) is 4. The van der Waals surface area contributed by atoms with E-state index in [2.05, 4.69) is 17.6 Å². The Morgan fingerprint density at radius 3 is 2.76 bits per heavy atom. The van der Waals surface area contributed by atoms with Crippen molar-refractivity contribution < 1.29 is 14.3 Å². The number of amides is 1. The highest BCUT2D eigenvalue weighted by atomic mass is 16.5. The molecule has 1 aromatic carbocycles. The van der Waals surface area contributed by atoms with Gasteiger partial charge in [0.15, 0.2) is 18.1 Å². The van der Waals surface area contributed by atoms with Crippen LogP contribution in [0, 0.1) is 0 Å². The first-order valence-electron chi connectivity index (χ1n) is 7.62. The van der Waals surface area contributed by atoms with E-state index in [0.717, 1.165) is 24.9 Å². The van der Waals surface area contributed by atoms with Crippen molar-refractivity contribution in [3.63, 3.8) is 0 Å². The Bertz CT molecular complexity index is 473. The maximum atomic E-state index is 11.8. The SMILES string of the molecule is CCNCc1cccc(OCC)c1OCC(=O)NC1CC1. The highest BCUT2D eigenvalue weighted by Gasteiger charge is 2.23. The van der Waals surface area contributed by atoms with E-state index in [4.69, 9.17) is 9.47 Å². The minimum absolute atomic E-state index is 0.0275. The molecule has 1 aromatic rings. The van der Waals surface area contributed by atoms with Crippen LogP contribution in [0.2, 0.25) is 0 Å². The van der Waals surface area contributed by atoms with Crippen molar-refractivity contribution in [1.82, 2.24) is 10.6 Å². The van der Waals surface area contributed by atoms with Crippen LogP contribution in [-0.2, 0) is 11.3 Å². The number of nitrogens with one attached hydrogen (secondary N) is 2. The number of hydrogen-bond donors (Lipinski definition) is 2. The molecular weight excluding hydrogens is 268 g/mol. The summed E-state index contributed by atoms with van der Waals surface area (Å²) in [5.41, 5.74) is 1.00. The van der Waals surface area contributed by atoms with Crippen LogP contribution in [0.5, 0.6) is 11.5 Å². The second-order valence-corrected chi connectivity index (χ2v) is 5.09. The molecule has 1 aliphatic rings. The maximum Gasteiger partial charge on any atom is 0.258 e. The number of benzene rings is 1. The summed E-state index contributed by atoms with van der Waals surface area (Å²) >= 11 is 0. The van der Waals surface area contributed by atoms with Gasteiger partial charge in [-0.25, -0.2) is 0 Å². The van der Waals surface area contributed by atoms with E-state index >= 15 is 0 Å². The molecule has 116 valence electrons. The molecule has 1 saturated carbocycles. The summed E-state index contributed by atoms with van der Waals surface area (Å²) < 4.78 is 11.3. The molecule has 0 atom stereocenters. The minimum Gasteiger partial charge on any atom is -0.490 e. The van der Waals surface area contributed by atoms with E-state index in [1.165, 1.54) is 0 Å². The third-order valence-corrected chi connectivity index (χ3v) is 3.22. The second kappa shape index (κ2) is 7.88. The summed E-state index contributed by atoms with van der Waals surface area (Å²) in [6.07, 6.45) is 2.15. The van der Waals surface area contributed by atoms with Gasteiger partial charge in [-0.15, -0.1) is 0 Å². The summed E-state index contributed by atoms with van der Waals surface area (Å²) in [5.74, 6) is 1.27. The Morgan fingerprint density at radius 1 is 1.29 bits per heavy atom. The van der Waals surface area contributed by atoms with E-state index in [1.807, 2.05) is 25.1 Å². The molecule has 5 heteroatoms. The van der Waals surface area contributed by atoms with Crippen LogP contribution in [0.4, 0.5) is 0 Å². The maximum absolute atomic E-state index is 11.8. The standard InChI is InChI=1S/C16H24N2O3/c1-3-17-10-12-6-5-7-14(20-4-2)16(12)21-11-15(19)18-13-8-9-13/h5-7,13,17H,3-4,8-11H2,1-2H3,(H,18,19). The molecule has 21 heavy (non-hydrogen) atoms. The molecular formula is C16H24N2O3. The van der Waals surface area contributed by atoms with Crippen LogP contribution in [-0.4, -0.2) is 31.7 Å². The van der Waals surface area contributed by atoms with E-state index in [1.54, 1.807) is 0 Å². The Kier molecular flexibility index (Phi) is 5.87. The minimum atomic E-state index is -0.0711. The number of para-hydroxylation sites is 1. The van der Waals surface area contributed by atoms with Crippen molar-refractivity contribution in [3.8, 4) is 11.5 Å². The molecule has 1 amide bonds. The lowest BCUT2D eigenvalue weighted by atomic mass is 10.2. The van der Waals surface area contributed by atoms with Gasteiger partial charge < -0.3 is 20.1 Å². The van der Waals surface area contributed by atoms with Gasteiger partial charge in [-0.2, -0.15) is 0 Å². The fourth-order valence-electron chi connectivity index (χ4n) is 2.03. The van der Waals surface area contributed by atoms with Gasteiger partial charge in [0, 0.05) is 18.2 Å². The third-order valence-electron chi connectivity index (χ3n) is 3.22. The Labute approximate surface area is 126 Å². The first-order chi connectivity index (χ1) is 10.2. The second-order valence-electron chi connectivity index (χ2n) is 5.09. The zero-order valence-electron chi connectivity index (χ0n) is 12.8. The number of rotatable bonds is 9. The van der Waals surface area contributed by atoms with Crippen LogP contribution in [0.15, 0.2) is 18.2 Å². The van der Waals surface area contributed by atoms with Crippen molar-refractivity contribution in [2.45, 2.75) is 39.3 Å². The summed E-state index contributed by atoms with van der Waals surface area (Å²) in [4.78, 5) is 11.8. The van der Waals surface area contributed by atoms with Crippen LogP contribution in [0.1, 0.15) is 32.3 Å². The predicted octanol–water partition coefficient (Wildman–Crippen LogP) is 1.85. The largest absolute Gasteiger partial charge is 0.490 e. The van der Waals surface area contributed by atoms with E-state index in [9.17, 15) is 4.79 Å². The molecule has 2 N–H and O–H groups in total. The van der Waals surface area contributed by atoms with Crippen molar-refractivity contribution >= 4 is 5.91 Å². The van der Waals surface area contributed by atoms with Gasteiger partial charge in [-0.3, -0.25) is 4.79 Å². The zero-order valence-corrected chi connectivity index (χ0v) is 12.8. The van der Waals surface area contributed by atoms with Crippen molar-refractivity contribution in [3.05, 3.63) is 23.8 Å². The Balaban J connectivity index is 2.03. The smallest absolute Gasteiger partial charge is 0.258 e. The van der Waals surface area contributed by atoms with Gasteiger partial charge in [0.2, 0.25) is 0 Å². The molecule has 5 nitrogen and oxygen atoms in total. The van der Waals surface area contributed by atoms with Gasteiger partial charge in [0.25, 0.3) is 5.91 Å². The van der Waals surface area contributed by atoms with Crippen LogP contribution in [0.25, 0.3) is 0 Å². The predicted molar refractivity (Wildman–Crippen MR) is 81.7 cm³/mol. The lowest BCUT2D eigenvalue weighted by Gasteiger charge is -2.16. The lowest BCUT2D eigenvalue weighted by Crippen LogP contribution is -2.30. The summed E-state index contributed by atoms with van der Waals surface area (Å²) in [6, 6.07) is 6.14. The highest BCUT2D eigenvalue weighted by molar-refractivity contribution is 5.78. The Morgan fingerprint density at radius 2 is 2.10 bits per heavy atom. The van der Waals surface area contributed by atoms with Gasteiger partial charge in [-0.1, -0.05) is 19.1 Å². The average Bonchev–Trinajstić information content (AvgIpc) is 3.28. The number of carbonyl (C=O) groups is 1. The van der Waals surface area contributed by atoms with Crippen molar-refractivity contribution in [2.75, 3.05) is 19.8 Å². The van der Waals surface area contributed by atoms with Crippen molar-refractivity contribution in [2.24, 2.45) is 0 Å². The molecule has 1 fully saturated rings. The first kappa shape index (κ1) is 15.6. The monoisotopic (exact) mass is 292 g/mol. The van der Waals surface area contributed by atoms with Gasteiger partial charge in [0.05, 0.1) is 6.61 Å². The summed E-state index contributed by atoms with van der Waals surface area (Å²) in [6.45, 7) is 6.14.